The monoisotopic (exact) mass is 253 g/mol. The van der Waals surface area contributed by atoms with Gasteiger partial charge < -0.3 is 0 Å². The molecule has 0 bridgehead atoms. The molecule has 0 spiro atoms. The molecule has 0 heterocycles. The van der Waals surface area contributed by atoms with Gasteiger partial charge in [0.25, 0.3) is 10.0 Å². The Kier molecular flexibility index (Phi) is 3.65. The predicted molar refractivity (Wildman–Crippen MR) is 55.4 cm³/mol. The summed E-state index contributed by atoms with van der Waals surface area (Å²) >= 11 is 0. The van der Waals surface area contributed by atoms with E-state index < -0.39 is 20.2 Å². The number of nitrogens with zero attached hydrogens (tertiary/aromatic N) is 1. The lowest BCUT2D eigenvalue weighted by Crippen LogP contribution is -2.26. The van der Waals surface area contributed by atoms with Gasteiger partial charge in [0.2, 0.25) is 10.2 Å². The molecule has 14 heavy (non-hydrogen) atoms. The van der Waals surface area contributed by atoms with Gasteiger partial charge in [0.15, 0.2) is 0 Å². The van der Waals surface area contributed by atoms with Gasteiger partial charge >= 0.3 is 0 Å². The van der Waals surface area contributed by atoms with E-state index in [2.05, 4.69) is 0 Å². The smallest absolute Gasteiger partial charge is 0.224 e. The van der Waals surface area contributed by atoms with E-state index in [1.54, 1.807) is 18.2 Å². The van der Waals surface area contributed by atoms with Gasteiger partial charge in [0, 0.05) is 17.7 Å². The van der Waals surface area contributed by atoms with Gasteiger partial charge in [-0.15, -0.1) is 3.71 Å². The standard InChI is InChI=1S/C7H8ClNO3S2/c1-9(13(8)10)14(11,12)7-5-3-2-4-6-7/h2-6H,1H3. The summed E-state index contributed by atoms with van der Waals surface area (Å²) in [7, 11) is 0.540. The van der Waals surface area contributed by atoms with Gasteiger partial charge in [-0.25, -0.2) is 12.6 Å². The molecule has 7 heteroatoms. The summed E-state index contributed by atoms with van der Waals surface area (Å²) < 4.78 is 34.6. The molecule has 0 saturated carbocycles. The van der Waals surface area contributed by atoms with E-state index in [4.69, 9.17) is 10.7 Å². The maximum absolute atomic E-state index is 11.6. The SMILES string of the molecule is CN(S(=O)Cl)S(=O)(=O)c1ccccc1. The highest BCUT2D eigenvalue weighted by Gasteiger charge is 2.24. The first-order valence-electron chi connectivity index (χ1n) is 3.58. The average molecular weight is 254 g/mol. The normalized spacial score (nSPS) is 14.2. The van der Waals surface area contributed by atoms with Crippen molar-refractivity contribution >= 4 is 30.9 Å². The molecular formula is C7H8ClNO3S2. The Morgan fingerprint density at radius 2 is 1.79 bits per heavy atom. The van der Waals surface area contributed by atoms with Crippen LogP contribution in [0.15, 0.2) is 35.2 Å². The summed E-state index contributed by atoms with van der Waals surface area (Å²) in [4.78, 5) is 0.0662. The van der Waals surface area contributed by atoms with Crippen molar-refractivity contribution in [2.75, 3.05) is 7.05 Å². The number of hydrogen-bond acceptors (Lipinski definition) is 3. The summed E-state index contributed by atoms with van der Waals surface area (Å²) in [5, 5.41) is 0. The topological polar surface area (TPSA) is 54.5 Å². The summed E-state index contributed by atoms with van der Waals surface area (Å²) in [6, 6.07) is 7.68. The zero-order chi connectivity index (χ0) is 10.8. The molecule has 1 aromatic carbocycles. The van der Waals surface area contributed by atoms with Crippen molar-refractivity contribution in [3.05, 3.63) is 30.3 Å². The maximum atomic E-state index is 11.6. The van der Waals surface area contributed by atoms with Crippen LogP contribution in [0.1, 0.15) is 0 Å². The van der Waals surface area contributed by atoms with Crippen molar-refractivity contribution in [3.8, 4) is 0 Å². The Balaban J connectivity index is 3.16. The molecule has 0 fully saturated rings. The van der Waals surface area contributed by atoms with Gasteiger partial charge in [0.05, 0.1) is 4.90 Å². The maximum Gasteiger partial charge on any atom is 0.254 e. The number of sulfonamides is 1. The van der Waals surface area contributed by atoms with Crippen molar-refractivity contribution in [2.45, 2.75) is 4.90 Å². The fourth-order valence-corrected chi connectivity index (χ4v) is 3.16. The van der Waals surface area contributed by atoms with Crippen LogP contribution >= 0.6 is 10.7 Å². The zero-order valence-electron chi connectivity index (χ0n) is 7.25. The molecule has 0 N–H and O–H groups in total. The van der Waals surface area contributed by atoms with Crippen LogP contribution in [0, 0.1) is 0 Å². The van der Waals surface area contributed by atoms with Crippen molar-refractivity contribution in [1.29, 1.82) is 0 Å². The molecule has 1 atom stereocenters. The lowest BCUT2D eigenvalue weighted by atomic mass is 10.4. The highest BCUT2D eigenvalue weighted by molar-refractivity contribution is 8.14. The molecule has 1 rings (SSSR count). The molecule has 4 nitrogen and oxygen atoms in total. The van der Waals surface area contributed by atoms with Crippen molar-refractivity contribution in [2.24, 2.45) is 0 Å². The minimum atomic E-state index is -3.74. The Hall–Kier alpha value is -0.430. The molecule has 0 saturated heterocycles. The Bertz CT molecular complexity index is 432. The fourth-order valence-electron chi connectivity index (χ4n) is 0.818. The van der Waals surface area contributed by atoms with Crippen molar-refractivity contribution < 1.29 is 12.6 Å². The second-order valence-electron chi connectivity index (χ2n) is 2.43. The molecule has 78 valence electrons. The van der Waals surface area contributed by atoms with Crippen LogP contribution < -0.4 is 0 Å². The summed E-state index contributed by atoms with van der Waals surface area (Å²) in [5.41, 5.74) is 0. The summed E-state index contributed by atoms with van der Waals surface area (Å²) in [6.07, 6.45) is 0. The third kappa shape index (κ3) is 2.33. The van der Waals surface area contributed by atoms with Gasteiger partial charge in [-0.05, 0) is 12.1 Å². The molecule has 0 aromatic heterocycles. The van der Waals surface area contributed by atoms with Crippen LogP contribution in [0.5, 0.6) is 0 Å². The van der Waals surface area contributed by atoms with Crippen LogP contribution in [-0.4, -0.2) is 23.4 Å². The quantitative estimate of drug-likeness (QED) is 0.759. The molecular weight excluding hydrogens is 246 g/mol. The van der Waals surface area contributed by atoms with Crippen LogP contribution in [0.4, 0.5) is 0 Å². The lowest BCUT2D eigenvalue weighted by molar-refractivity contribution is 0.558. The Morgan fingerprint density at radius 1 is 1.29 bits per heavy atom. The van der Waals surface area contributed by atoms with Crippen LogP contribution in [0.25, 0.3) is 0 Å². The molecule has 0 radical (unpaired) electrons. The molecule has 0 aliphatic heterocycles. The lowest BCUT2D eigenvalue weighted by Gasteiger charge is -2.11. The van der Waals surface area contributed by atoms with Crippen molar-refractivity contribution in [3.63, 3.8) is 0 Å². The van der Waals surface area contributed by atoms with Gasteiger partial charge in [-0.1, -0.05) is 18.2 Å². The van der Waals surface area contributed by atoms with Crippen LogP contribution in [0.3, 0.4) is 0 Å². The van der Waals surface area contributed by atoms with E-state index in [1.165, 1.54) is 12.1 Å². The highest BCUT2D eigenvalue weighted by atomic mass is 35.7. The minimum absolute atomic E-state index is 0.0662. The van der Waals surface area contributed by atoms with E-state index in [-0.39, 0.29) is 4.90 Å². The number of benzene rings is 1. The highest BCUT2D eigenvalue weighted by Crippen LogP contribution is 2.15. The molecule has 0 aliphatic rings. The number of halogens is 1. The minimum Gasteiger partial charge on any atom is -0.224 e. The van der Waals surface area contributed by atoms with Crippen molar-refractivity contribution in [1.82, 2.24) is 3.71 Å². The van der Waals surface area contributed by atoms with E-state index >= 15 is 0 Å². The second kappa shape index (κ2) is 4.39. The zero-order valence-corrected chi connectivity index (χ0v) is 9.64. The number of rotatable bonds is 3. The Morgan fingerprint density at radius 3 is 2.21 bits per heavy atom. The first-order valence-corrected chi connectivity index (χ1v) is 6.95. The molecule has 0 aliphatic carbocycles. The van der Waals surface area contributed by atoms with E-state index in [1.807, 2.05) is 0 Å². The number of hydrogen-bond donors (Lipinski definition) is 0. The molecule has 0 amide bonds. The first-order chi connectivity index (χ1) is 6.46. The molecule has 1 unspecified atom stereocenters. The molecule has 1 aromatic rings. The van der Waals surface area contributed by atoms with E-state index in [0.717, 1.165) is 7.05 Å². The summed E-state index contributed by atoms with van der Waals surface area (Å²) in [5.74, 6) is 0. The van der Waals surface area contributed by atoms with Crippen LogP contribution in [0.2, 0.25) is 0 Å². The largest absolute Gasteiger partial charge is 0.254 e. The fraction of sp³-hybridized carbons (Fsp3) is 0.143. The summed E-state index contributed by atoms with van der Waals surface area (Å²) in [6.45, 7) is 0. The van der Waals surface area contributed by atoms with Gasteiger partial charge in [0.1, 0.15) is 0 Å². The van der Waals surface area contributed by atoms with E-state index in [0.29, 0.717) is 3.71 Å². The predicted octanol–water partition coefficient (Wildman–Crippen LogP) is 1.12. The third-order valence-corrected chi connectivity index (χ3v) is 5.39. The average Bonchev–Trinajstić information content (AvgIpc) is 2.18. The van der Waals surface area contributed by atoms with E-state index in [9.17, 15) is 12.6 Å². The van der Waals surface area contributed by atoms with Gasteiger partial charge in [-0.2, -0.15) is 0 Å². The third-order valence-electron chi connectivity index (χ3n) is 1.58. The Labute approximate surface area is 89.6 Å². The second-order valence-corrected chi connectivity index (χ2v) is 6.39. The van der Waals surface area contributed by atoms with Gasteiger partial charge in [-0.3, -0.25) is 0 Å². The van der Waals surface area contributed by atoms with Crippen LogP contribution in [-0.2, 0) is 20.2 Å². The first kappa shape index (κ1) is 11.6.